The fraction of sp³-hybridized carbons (Fsp3) is 0.318. The van der Waals surface area contributed by atoms with E-state index in [1.807, 2.05) is 30.3 Å². The molecule has 2 unspecified atom stereocenters. The molecule has 1 aromatic carbocycles. The Kier molecular flexibility index (Phi) is 6.43. The molecule has 32 heavy (non-hydrogen) atoms. The predicted molar refractivity (Wildman–Crippen MR) is 117 cm³/mol. The number of hydrogen-bond acceptors (Lipinski definition) is 6. The maximum Gasteiger partial charge on any atom is 0.268 e. The van der Waals surface area contributed by atoms with E-state index >= 15 is 0 Å². The zero-order chi connectivity index (χ0) is 22.8. The van der Waals surface area contributed by atoms with Gasteiger partial charge >= 0.3 is 0 Å². The van der Waals surface area contributed by atoms with Crippen LogP contribution in [0.3, 0.4) is 0 Å². The van der Waals surface area contributed by atoms with Gasteiger partial charge in [0.05, 0.1) is 30.0 Å². The summed E-state index contributed by atoms with van der Waals surface area (Å²) in [5, 5.41) is 34.1. The first-order chi connectivity index (χ1) is 15.3. The summed E-state index contributed by atoms with van der Waals surface area (Å²) in [6.45, 7) is -0.169. The van der Waals surface area contributed by atoms with Crippen molar-refractivity contribution in [2.75, 3.05) is 13.1 Å². The predicted octanol–water partition coefficient (Wildman–Crippen LogP) is 0.482. The minimum atomic E-state index is -1.57. The molecule has 168 valence electrons. The van der Waals surface area contributed by atoms with Crippen LogP contribution >= 0.6 is 11.6 Å². The second-order valence-corrected chi connectivity index (χ2v) is 8.26. The Balaban J connectivity index is 1.55. The van der Waals surface area contributed by atoms with Gasteiger partial charge in [0.2, 0.25) is 0 Å². The van der Waals surface area contributed by atoms with Gasteiger partial charge in [-0.2, -0.15) is 0 Å². The molecule has 1 aliphatic rings. The third-order valence-electron chi connectivity index (χ3n) is 5.54. The number of nitrogens with zero attached hydrogens (tertiary/aromatic N) is 2. The van der Waals surface area contributed by atoms with Crippen LogP contribution < -0.4 is 5.32 Å². The highest BCUT2D eigenvalue weighted by Gasteiger charge is 2.38. The second-order valence-electron chi connectivity index (χ2n) is 7.87. The van der Waals surface area contributed by atoms with Gasteiger partial charge in [-0.05, 0) is 24.1 Å². The van der Waals surface area contributed by atoms with E-state index in [9.17, 15) is 24.9 Å². The van der Waals surface area contributed by atoms with Crippen molar-refractivity contribution < 1.29 is 24.9 Å². The SMILES string of the molecule is O=C(N[C@@H](Cc1ccccc1)[C@@H](O)C(=O)N1CC(O)C(O)C1)c1cc2cc(Cl)ncc2[nH]1. The van der Waals surface area contributed by atoms with Crippen molar-refractivity contribution in [3.63, 3.8) is 0 Å². The number of aromatic nitrogens is 2. The summed E-state index contributed by atoms with van der Waals surface area (Å²) in [6, 6.07) is 11.4. The highest BCUT2D eigenvalue weighted by molar-refractivity contribution is 6.30. The van der Waals surface area contributed by atoms with Crippen LogP contribution in [0.2, 0.25) is 5.15 Å². The normalized spacial score (nSPS) is 20.3. The Labute approximate surface area is 188 Å². The molecule has 1 saturated heterocycles. The number of halogens is 1. The second kappa shape index (κ2) is 9.25. The lowest BCUT2D eigenvalue weighted by Crippen LogP contribution is -2.52. The summed E-state index contributed by atoms with van der Waals surface area (Å²) in [5.41, 5.74) is 1.67. The van der Waals surface area contributed by atoms with E-state index < -0.39 is 36.2 Å². The van der Waals surface area contributed by atoms with Crippen molar-refractivity contribution >= 4 is 34.3 Å². The van der Waals surface area contributed by atoms with Crippen LogP contribution in [-0.4, -0.2) is 79.4 Å². The van der Waals surface area contributed by atoms with Crippen molar-refractivity contribution in [2.24, 2.45) is 0 Å². The highest BCUT2D eigenvalue weighted by atomic mass is 35.5. The zero-order valence-corrected chi connectivity index (χ0v) is 17.7. The van der Waals surface area contributed by atoms with Gasteiger partial charge in [0.1, 0.15) is 10.8 Å². The standard InChI is InChI=1S/C22H23ClN4O5/c23-19-8-13-7-15(25-16(13)9-24-19)21(31)26-14(6-12-4-2-1-3-5-12)20(30)22(32)27-10-17(28)18(29)11-27/h1-5,7-9,14,17-18,20,25,28-30H,6,10-11H2,(H,26,31)/t14-,17?,18?,20+/m0/s1. The number of carbonyl (C=O) groups is 2. The van der Waals surface area contributed by atoms with Crippen molar-refractivity contribution in [1.82, 2.24) is 20.2 Å². The van der Waals surface area contributed by atoms with E-state index in [0.29, 0.717) is 16.1 Å². The van der Waals surface area contributed by atoms with E-state index in [2.05, 4.69) is 15.3 Å². The molecule has 4 atom stereocenters. The van der Waals surface area contributed by atoms with Crippen LogP contribution in [0, 0.1) is 0 Å². The molecule has 1 fully saturated rings. The number of hydrogen-bond donors (Lipinski definition) is 5. The third-order valence-corrected chi connectivity index (χ3v) is 5.74. The lowest BCUT2D eigenvalue weighted by Gasteiger charge is -2.27. The minimum absolute atomic E-state index is 0.0845. The smallest absolute Gasteiger partial charge is 0.268 e. The molecule has 0 aliphatic carbocycles. The molecule has 0 bridgehead atoms. The summed E-state index contributed by atoms with van der Waals surface area (Å²) in [6.07, 6.45) is -2.00. The quantitative estimate of drug-likeness (QED) is 0.340. The van der Waals surface area contributed by atoms with Gasteiger partial charge in [0.25, 0.3) is 11.8 Å². The number of likely N-dealkylation sites (tertiary alicyclic amines) is 1. The van der Waals surface area contributed by atoms with Gasteiger partial charge in [0, 0.05) is 18.5 Å². The molecule has 3 aromatic rings. The number of fused-ring (bicyclic) bond motifs is 1. The van der Waals surface area contributed by atoms with E-state index in [0.717, 1.165) is 5.56 Å². The van der Waals surface area contributed by atoms with E-state index in [1.165, 1.54) is 11.1 Å². The number of aromatic amines is 1. The van der Waals surface area contributed by atoms with Gasteiger partial charge in [-0.25, -0.2) is 4.98 Å². The molecule has 9 nitrogen and oxygen atoms in total. The van der Waals surface area contributed by atoms with Crippen LogP contribution in [0.5, 0.6) is 0 Å². The zero-order valence-electron chi connectivity index (χ0n) is 17.0. The van der Waals surface area contributed by atoms with Crippen LogP contribution in [0.15, 0.2) is 48.7 Å². The Bertz CT molecular complexity index is 1110. The lowest BCUT2D eigenvalue weighted by atomic mass is 10.00. The monoisotopic (exact) mass is 458 g/mol. The highest BCUT2D eigenvalue weighted by Crippen LogP contribution is 2.19. The van der Waals surface area contributed by atoms with E-state index in [1.54, 1.807) is 12.1 Å². The van der Waals surface area contributed by atoms with E-state index in [4.69, 9.17) is 11.6 Å². The molecule has 1 aliphatic heterocycles. The summed E-state index contributed by atoms with van der Waals surface area (Å²) in [7, 11) is 0. The maximum atomic E-state index is 12.9. The van der Waals surface area contributed by atoms with Gasteiger partial charge in [0.15, 0.2) is 6.10 Å². The number of aliphatic hydroxyl groups excluding tert-OH is 3. The molecule has 10 heteroatoms. The molecule has 5 N–H and O–H groups in total. The van der Waals surface area contributed by atoms with Crippen molar-refractivity contribution in [1.29, 1.82) is 0 Å². The average molecular weight is 459 g/mol. The van der Waals surface area contributed by atoms with Crippen LogP contribution in [0.4, 0.5) is 0 Å². The largest absolute Gasteiger partial charge is 0.388 e. The number of aliphatic hydroxyl groups is 3. The first-order valence-corrected chi connectivity index (χ1v) is 10.5. The maximum absolute atomic E-state index is 12.9. The Morgan fingerprint density at radius 2 is 1.88 bits per heavy atom. The Hall–Kier alpha value is -2.98. The Morgan fingerprint density at radius 1 is 1.19 bits per heavy atom. The number of pyridine rings is 1. The molecule has 0 spiro atoms. The molecule has 4 rings (SSSR count). The molecule has 3 heterocycles. The topological polar surface area (TPSA) is 139 Å². The van der Waals surface area contributed by atoms with Gasteiger partial charge in [-0.15, -0.1) is 0 Å². The van der Waals surface area contributed by atoms with Crippen LogP contribution in [-0.2, 0) is 11.2 Å². The number of nitrogens with one attached hydrogen (secondary N) is 2. The summed E-state index contributed by atoms with van der Waals surface area (Å²) >= 11 is 5.90. The minimum Gasteiger partial charge on any atom is -0.388 e. The lowest BCUT2D eigenvalue weighted by molar-refractivity contribution is -0.141. The average Bonchev–Trinajstić information content (AvgIpc) is 3.35. The number of rotatable bonds is 6. The molecular formula is C22H23ClN4O5. The Morgan fingerprint density at radius 3 is 2.56 bits per heavy atom. The summed E-state index contributed by atoms with van der Waals surface area (Å²) in [4.78, 5) is 33.9. The van der Waals surface area contributed by atoms with Crippen LogP contribution in [0.25, 0.3) is 10.9 Å². The summed E-state index contributed by atoms with van der Waals surface area (Å²) < 4.78 is 0. The number of carbonyl (C=O) groups excluding carboxylic acids is 2. The van der Waals surface area contributed by atoms with Crippen molar-refractivity contribution in [3.05, 3.63) is 65.1 Å². The fourth-order valence-electron chi connectivity index (χ4n) is 3.79. The van der Waals surface area contributed by atoms with Crippen LogP contribution in [0.1, 0.15) is 16.1 Å². The van der Waals surface area contributed by atoms with E-state index in [-0.39, 0.29) is 25.2 Å². The number of benzene rings is 1. The number of β-amino-alcohol motifs (C(OH)–C–C–N with tert-alkyl or cyclic N) is 2. The number of amides is 2. The van der Waals surface area contributed by atoms with Crippen molar-refractivity contribution in [2.45, 2.75) is 30.8 Å². The first kappa shape index (κ1) is 22.2. The fourth-order valence-corrected chi connectivity index (χ4v) is 3.96. The molecule has 2 amide bonds. The first-order valence-electron chi connectivity index (χ1n) is 10.1. The molecule has 2 aromatic heterocycles. The number of H-pyrrole nitrogens is 1. The van der Waals surface area contributed by atoms with Crippen molar-refractivity contribution in [3.8, 4) is 0 Å². The van der Waals surface area contributed by atoms with Gasteiger partial charge in [-0.3, -0.25) is 9.59 Å². The molecule has 0 radical (unpaired) electrons. The molecule has 0 saturated carbocycles. The third kappa shape index (κ3) is 4.76. The van der Waals surface area contributed by atoms with Gasteiger partial charge in [-0.1, -0.05) is 41.9 Å². The summed E-state index contributed by atoms with van der Waals surface area (Å²) in [5.74, 6) is -1.18. The molecular weight excluding hydrogens is 436 g/mol. The van der Waals surface area contributed by atoms with Gasteiger partial charge < -0.3 is 30.5 Å².